The van der Waals surface area contributed by atoms with Gasteiger partial charge in [-0.3, -0.25) is 10.1 Å². The fraction of sp³-hybridized carbons (Fsp3) is 0.769. The monoisotopic (exact) mass is 223 g/mol. The predicted molar refractivity (Wildman–Crippen MR) is 64.0 cm³/mol. The second-order valence-electron chi connectivity index (χ2n) is 5.60. The van der Waals surface area contributed by atoms with Crippen molar-refractivity contribution < 1.29 is 9.90 Å². The van der Waals surface area contributed by atoms with Gasteiger partial charge < -0.3 is 5.11 Å². The Balaban J connectivity index is 2.87. The minimum atomic E-state index is -0.831. The van der Waals surface area contributed by atoms with Crippen molar-refractivity contribution in [3.63, 3.8) is 0 Å². The first-order chi connectivity index (χ1) is 7.34. The summed E-state index contributed by atoms with van der Waals surface area (Å²) in [6.45, 7) is 6.70. The van der Waals surface area contributed by atoms with Gasteiger partial charge in [0.2, 0.25) is 0 Å². The van der Waals surface area contributed by atoms with Gasteiger partial charge in [-0.1, -0.05) is 26.7 Å². The van der Waals surface area contributed by atoms with Gasteiger partial charge in [-0.2, -0.15) is 0 Å². The summed E-state index contributed by atoms with van der Waals surface area (Å²) in [6.07, 6.45) is 7.68. The molecule has 2 atom stereocenters. The quantitative estimate of drug-likeness (QED) is 0.718. The average Bonchev–Trinajstić information content (AvgIpc) is 2.15. The lowest BCUT2D eigenvalue weighted by atomic mass is 9.64. The summed E-state index contributed by atoms with van der Waals surface area (Å²) in [5.74, 6) is 1.79. The highest BCUT2D eigenvalue weighted by molar-refractivity contribution is 5.79. The Morgan fingerprint density at radius 2 is 2.19 bits per heavy atom. The van der Waals surface area contributed by atoms with E-state index in [0.717, 1.165) is 12.8 Å². The Labute approximate surface area is 97.6 Å². The second kappa shape index (κ2) is 4.47. The van der Waals surface area contributed by atoms with E-state index in [9.17, 15) is 9.90 Å². The molecule has 3 heteroatoms. The Bertz CT molecular complexity index is 316. The summed E-state index contributed by atoms with van der Waals surface area (Å²) in [4.78, 5) is 11.5. The maximum Gasteiger partial charge on any atom is 0.324 e. The molecule has 2 unspecified atom stereocenters. The van der Waals surface area contributed by atoms with Gasteiger partial charge in [0.25, 0.3) is 0 Å². The molecule has 90 valence electrons. The Morgan fingerprint density at radius 1 is 1.56 bits per heavy atom. The molecule has 0 aromatic heterocycles. The lowest BCUT2D eigenvalue weighted by molar-refractivity contribution is -0.150. The fourth-order valence-corrected chi connectivity index (χ4v) is 2.75. The van der Waals surface area contributed by atoms with E-state index in [-0.39, 0.29) is 11.3 Å². The molecule has 0 aromatic carbocycles. The number of carboxylic acid groups (broad SMARTS) is 1. The standard InChI is InChI=1S/C13H21NO2/c1-5-8-14-13(11(15)16)7-6-12(3,4)9-10(13)2/h1,10,14H,6-9H2,2-4H3,(H,15,16). The minimum absolute atomic E-state index is 0.0992. The fourth-order valence-electron chi connectivity index (χ4n) is 2.75. The molecular formula is C13H21NO2. The molecule has 1 aliphatic carbocycles. The Kier molecular flexibility index (Phi) is 3.64. The van der Waals surface area contributed by atoms with Gasteiger partial charge in [-0.15, -0.1) is 6.42 Å². The smallest absolute Gasteiger partial charge is 0.324 e. The SMILES string of the molecule is C#CCNC1(C(=O)O)CCC(C)(C)CC1C. The molecule has 1 rings (SSSR count). The van der Waals surface area contributed by atoms with E-state index in [1.165, 1.54) is 0 Å². The van der Waals surface area contributed by atoms with Crippen LogP contribution < -0.4 is 5.32 Å². The topological polar surface area (TPSA) is 49.3 Å². The van der Waals surface area contributed by atoms with E-state index >= 15 is 0 Å². The third-order valence-corrected chi connectivity index (χ3v) is 3.78. The van der Waals surface area contributed by atoms with Crippen LogP contribution in [-0.2, 0) is 4.79 Å². The molecule has 1 aliphatic rings. The number of nitrogens with one attached hydrogen (secondary N) is 1. The number of carboxylic acids is 1. The van der Waals surface area contributed by atoms with Crippen LogP contribution in [0.4, 0.5) is 0 Å². The zero-order valence-electron chi connectivity index (χ0n) is 10.3. The normalized spacial score (nSPS) is 33.0. The lowest BCUT2D eigenvalue weighted by Gasteiger charge is -2.46. The Hall–Kier alpha value is -1.01. The number of terminal acetylenes is 1. The first-order valence-electron chi connectivity index (χ1n) is 5.76. The summed E-state index contributed by atoms with van der Waals surface area (Å²) in [5.41, 5.74) is -0.599. The molecule has 1 fully saturated rings. The van der Waals surface area contributed by atoms with E-state index in [0.29, 0.717) is 13.0 Å². The van der Waals surface area contributed by atoms with Crippen LogP contribution >= 0.6 is 0 Å². The van der Waals surface area contributed by atoms with Crippen LogP contribution in [-0.4, -0.2) is 23.2 Å². The molecule has 0 amide bonds. The van der Waals surface area contributed by atoms with Crippen molar-refractivity contribution in [2.24, 2.45) is 11.3 Å². The highest BCUT2D eigenvalue weighted by Crippen LogP contribution is 2.43. The van der Waals surface area contributed by atoms with Crippen molar-refractivity contribution >= 4 is 5.97 Å². The van der Waals surface area contributed by atoms with Crippen LogP contribution in [0.25, 0.3) is 0 Å². The average molecular weight is 223 g/mol. The van der Waals surface area contributed by atoms with Crippen molar-refractivity contribution in [1.82, 2.24) is 5.32 Å². The van der Waals surface area contributed by atoms with Crippen LogP contribution in [0.1, 0.15) is 40.0 Å². The van der Waals surface area contributed by atoms with Crippen molar-refractivity contribution in [3.05, 3.63) is 0 Å². The molecule has 0 bridgehead atoms. The zero-order valence-corrected chi connectivity index (χ0v) is 10.3. The summed E-state index contributed by atoms with van der Waals surface area (Å²) in [5, 5.41) is 12.5. The first kappa shape index (κ1) is 13.1. The van der Waals surface area contributed by atoms with Crippen molar-refractivity contribution in [1.29, 1.82) is 0 Å². The van der Waals surface area contributed by atoms with Gasteiger partial charge in [-0.25, -0.2) is 0 Å². The molecule has 0 spiro atoms. The first-order valence-corrected chi connectivity index (χ1v) is 5.76. The molecule has 3 nitrogen and oxygen atoms in total. The third kappa shape index (κ3) is 2.38. The van der Waals surface area contributed by atoms with Gasteiger partial charge in [0.1, 0.15) is 5.54 Å². The number of hydrogen-bond acceptors (Lipinski definition) is 2. The molecule has 16 heavy (non-hydrogen) atoms. The van der Waals surface area contributed by atoms with Gasteiger partial charge >= 0.3 is 5.97 Å². The van der Waals surface area contributed by atoms with E-state index in [4.69, 9.17) is 6.42 Å². The van der Waals surface area contributed by atoms with Crippen molar-refractivity contribution in [2.45, 2.75) is 45.6 Å². The van der Waals surface area contributed by atoms with Crippen LogP contribution in [0.3, 0.4) is 0 Å². The van der Waals surface area contributed by atoms with Crippen LogP contribution in [0.2, 0.25) is 0 Å². The number of hydrogen-bond donors (Lipinski definition) is 2. The molecule has 0 radical (unpaired) electrons. The van der Waals surface area contributed by atoms with Crippen LogP contribution in [0.15, 0.2) is 0 Å². The zero-order chi connectivity index (χ0) is 12.4. The molecule has 1 saturated carbocycles. The van der Waals surface area contributed by atoms with Gasteiger partial charge in [0.05, 0.1) is 6.54 Å². The number of aliphatic carboxylic acids is 1. The lowest BCUT2D eigenvalue weighted by Crippen LogP contribution is -2.60. The summed E-state index contributed by atoms with van der Waals surface area (Å²) < 4.78 is 0. The molecule has 0 saturated heterocycles. The summed E-state index contributed by atoms with van der Waals surface area (Å²) in [7, 11) is 0. The molecule has 0 aromatic rings. The molecule has 0 heterocycles. The van der Waals surface area contributed by atoms with Crippen LogP contribution in [0, 0.1) is 23.7 Å². The van der Waals surface area contributed by atoms with Gasteiger partial charge in [-0.05, 0) is 30.6 Å². The second-order valence-corrected chi connectivity index (χ2v) is 5.60. The van der Waals surface area contributed by atoms with Gasteiger partial charge in [0.15, 0.2) is 0 Å². The maximum absolute atomic E-state index is 11.5. The van der Waals surface area contributed by atoms with E-state index in [1.54, 1.807) is 0 Å². The maximum atomic E-state index is 11.5. The van der Waals surface area contributed by atoms with Crippen molar-refractivity contribution in [3.8, 4) is 12.3 Å². The molecule has 0 aliphatic heterocycles. The minimum Gasteiger partial charge on any atom is -0.480 e. The van der Waals surface area contributed by atoms with E-state index in [1.807, 2.05) is 6.92 Å². The highest BCUT2D eigenvalue weighted by atomic mass is 16.4. The predicted octanol–water partition coefficient (Wildman–Crippen LogP) is 1.88. The summed E-state index contributed by atoms with van der Waals surface area (Å²) >= 11 is 0. The van der Waals surface area contributed by atoms with Gasteiger partial charge in [0, 0.05) is 0 Å². The van der Waals surface area contributed by atoms with E-state index in [2.05, 4.69) is 25.1 Å². The molecular weight excluding hydrogens is 202 g/mol. The van der Waals surface area contributed by atoms with Crippen LogP contribution in [0.5, 0.6) is 0 Å². The molecule has 2 N–H and O–H groups in total. The highest BCUT2D eigenvalue weighted by Gasteiger charge is 2.48. The van der Waals surface area contributed by atoms with E-state index < -0.39 is 11.5 Å². The third-order valence-electron chi connectivity index (χ3n) is 3.78. The number of rotatable bonds is 3. The number of carbonyl (C=O) groups is 1. The Morgan fingerprint density at radius 3 is 2.62 bits per heavy atom. The largest absolute Gasteiger partial charge is 0.480 e. The van der Waals surface area contributed by atoms with Crippen molar-refractivity contribution in [2.75, 3.05) is 6.54 Å². The summed E-state index contributed by atoms with van der Waals surface area (Å²) in [6, 6.07) is 0.